The summed E-state index contributed by atoms with van der Waals surface area (Å²) in [4.78, 5) is 23.6. The molecule has 2 aromatic carbocycles. The number of hydrogen-bond donors (Lipinski definition) is 3. The smallest absolute Gasteiger partial charge is 0.255 e. The zero-order valence-corrected chi connectivity index (χ0v) is 12.4. The molecule has 4 N–H and O–H groups in total. The fourth-order valence-corrected chi connectivity index (χ4v) is 2.07. The van der Waals surface area contributed by atoms with E-state index < -0.39 is 0 Å². The van der Waals surface area contributed by atoms with E-state index in [-0.39, 0.29) is 18.4 Å². The van der Waals surface area contributed by atoms with Crippen LogP contribution in [0.3, 0.4) is 0 Å². The highest BCUT2D eigenvalue weighted by atomic mass is 16.2. The summed E-state index contributed by atoms with van der Waals surface area (Å²) in [5, 5.41) is 5.57. The molecule has 22 heavy (non-hydrogen) atoms. The van der Waals surface area contributed by atoms with Crippen LogP contribution in [0, 0.1) is 0 Å². The van der Waals surface area contributed by atoms with Gasteiger partial charge in [0, 0.05) is 16.9 Å². The third kappa shape index (κ3) is 3.93. The molecule has 2 amide bonds. The van der Waals surface area contributed by atoms with E-state index in [9.17, 15) is 9.59 Å². The minimum atomic E-state index is -0.263. The van der Waals surface area contributed by atoms with Crippen molar-refractivity contribution in [3.8, 4) is 0 Å². The molecule has 2 rings (SSSR count). The summed E-state index contributed by atoms with van der Waals surface area (Å²) in [7, 11) is 0. The van der Waals surface area contributed by atoms with Crippen molar-refractivity contribution in [2.45, 2.75) is 13.3 Å². The minimum Gasteiger partial charge on any atom is -0.325 e. The van der Waals surface area contributed by atoms with Crippen molar-refractivity contribution in [1.29, 1.82) is 0 Å². The van der Waals surface area contributed by atoms with Gasteiger partial charge in [0.25, 0.3) is 5.91 Å². The van der Waals surface area contributed by atoms with Crippen LogP contribution in [0.4, 0.5) is 11.4 Å². The van der Waals surface area contributed by atoms with Gasteiger partial charge in [0.15, 0.2) is 0 Å². The Kier molecular flexibility index (Phi) is 5.27. The molecule has 0 atom stereocenters. The van der Waals surface area contributed by atoms with Gasteiger partial charge in [0.1, 0.15) is 0 Å². The van der Waals surface area contributed by atoms with Crippen LogP contribution in [-0.4, -0.2) is 18.4 Å². The molecule has 114 valence electrons. The van der Waals surface area contributed by atoms with E-state index in [1.807, 2.05) is 37.3 Å². The van der Waals surface area contributed by atoms with Crippen LogP contribution >= 0.6 is 0 Å². The van der Waals surface area contributed by atoms with E-state index in [0.717, 1.165) is 12.0 Å². The average molecular weight is 297 g/mol. The molecular formula is C17H19N3O2. The van der Waals surface area contributed by atoms with Crippen molar-refractivity contribution in [1.82, 2.24) is 0 Å². The van der Waals surface area contributed by atoms with Gasteiger partial charge in [-0.1, -0.05) is 31.2 Å². The van der Waals surface area contributed by atoms with Crippen LogP contribution in [-0.2, 0) is 11.2 Å². The number of amides is 2. The Morgan fingerprint density at radius 3 is 2.41 bits per heavy atom. The second kappa shape index (κ2) is 7.38. The monoisotopic (exact) mass is 297 g/mol. The number of carbonyl (C=O) groups excluding carboxylic acids is 2. The normalized spacial score (nSPS) is 10.1. The van der Waals surface area contributed by atoms with Crippen molar-refractivity contribution < 1.29 is 9.59 Å². The first kappa shape index (κ1) is 15.7. The molecule has 0 spiro atoms. The standard InChI is InChI=1S/C17H19N3O2/c1-2-12-8-9-14(10-15(12)20-16(21)11-18)19-17(22)13-6-4-3-5-7-13/h3-10H,2,11,18H2,1H3,(H,19,22)(H,20,21). The number of aryl methyl sites for hydroxylation is 1. The second-order valence-corrected chi connectivity index (χ2v) is 4.80. The van der Waals surface area contributed by atoms with Crippen LogP contribution in [0.15, 0.2) is 48.5 Å². The molecule has 0 saturated carbocycles. The molecule has 0 fully saturated rings. The fourth-order valence-electron chi connectivity index (χ4n) is 2.07. The van der Waals surface area contributed by atoms with Gasteiger partial charge in [0.2, 0.25) is 5.91 Å². The number of hydrogen-bond acceptors (Lipinski definition) is 3. The summed E-state index contributed by atoms with van der Waals surface area (Å²) >= 11 is 0. The molecule has 0 bridgehead atoms. The van der Waals surface area contributed by atoms with E-state index >= 15 is 0 Å². The summed E-state index contributed by atoms with van der Waals surface area (Å²) in [6, 6.07) is 14.4. The average Bonchev–Trinajstić information content (AvgIpc) is 2.55. The number of nitrogens with one attached hydrogen (secondary N) is 2. The Bertz CT molecular complexity index is 669. The third-order valence-electron chi connectivity index (χ3n) is 3.24. The van der Waals surface area contributed by atoms with E-state index in [2.05, 4.69) is 10.6 Å². The van der Waals surface area contributed by atoms with Crippen molar-refractivity contribution in [3.05, 3.63) is 59.7 Å². The number of anilines is 2. The van der Waals surface area contributed by atoms with Crippen LogP contribution in [0.5, 0.6) is 0 Å². The Labute approximate surface area is 129 Å². The zero-order valence-electron chi connectivity index (χ0n) is 12.4. The Morgan fingerprint density at radius 1 is 1.05 bits per heavy atom. The fraction of sp³-hybridized carbons (Fsp3) is 0.176. The van der Waals surface area contributed by atoms with Crippen molar-refractivity contribution >= 4 is 23.2 Å². The molecular weight excluding hydrogens is 278 g/mol. The first-order chi connectivity index (χ1) is 10.6. The molecule has 0 aliphatic carbocycles. The molecule has 2 aromatic rings. The Balaban J connectivity index is 2.19. The van der Waals surface area contributed by atoms with E-state index in [4.69, 9.17) is 5.73 Å². The first-order valence-corrected chi connectivity index (χ1v) is 7.13. The number of benzene rings is 2. The summed E-state index contributed by atoms with van der Waals surface area (Å²) in [5.41, 5.74) is 8.18. The van der Waals surface area contributed by atoms with Gasteiger partial charge in [0.05, 0.1) is 6.54 Å². The maximum absolute atomic E-state index is 12.1. The van der Waals surface area contributed by atoms with E-state index in [0.29, 0.717) is 16.9 Å². The lowest BCUT2D eigenvalue weighted by atomic mass is 10.1. The van der Waals surface area contributed by atoms with Gasteiger partial charge in [-0.3, -0.25) is 9.59 Å². The Hall–Kier alpha value is -2.66. The second-order valence-electron chi connectivity index (χ2n) is 4.80. The molecule has 0 unspecified atom stereocenters. The van der Waals surface area contributed by atoms with Crippen LogP contribution in [0.2, 0.25) is 0 Å². The molecule has 0 aliphatic heterocycles. The van der Waals surface area contributed by atoms with Crippen LogP contribution in [0.25, 0.3) is 0 Å². The van der Waals surface area contributed by atoms with Crippen molar-refractivity contribution in [2.24, 2.45) is 5.73 Å². The van der Waals surface area contributed by atoms with Gasteiger partial charge in [-0.15, -0.1) is 0 Å². The largest absolute Gasteiger partial charge is 0.325 e. The summed E-state index contributed by atoms with van der Waals surface area (Å²) in [6.45, 7) is 1.92. The number of rotatable bonds is 5. The van der Waals surface area contributed by atoms with Crippen LogP contribution in [0.1, 0.15) is 22.8 Å². The molecule has 5 heteroatoms. The first-order valence-electron chi connectivity index (χ1n) is 7.13. The summed E-state index contributed by atoms with van der Waals surface area (Å²) in [5.74, 6) is -0.456. The highest BCUT2D eigenvalue weighted by Crippen LogP contribution is 2.22. The maximum Gasteiger partial charge on any atom is 0.255 e. The lowest BCUT2D eigenvalue weighted by Crippen LogP contribution is -2.22. The predicted octanol–water partition coefficient (Wildman–Crippen LogP) is 2.40. The van der Waals surface area contributed by atoms with Gasteiger partial charge < -0.3 is 16.4 Å². The van der Waals surface area contributed by atoms with E-state index in [1.54, 1.807) is 18.2 Å². The number of carbonyl (C=O) groups is 2. The predicted molar refractivity (Wildman–Crippen MR) is 87.9 cm³/mol. The summed E-state index contributed by atoms with van der Waals surface area (Å²) < 4.78 is 0. The SMILES string of the molecule is CCc1ccc(NC(=O)c2ccccc2)cc1NC(=O)CN. The molecule has 0 heterocycles. The molecule has 5 nitrogen and oxygen atoms in total. The van der Waals surface area contributed by atoms with Gasteiger partial charge >= 0.3 is 0 Å². The minimum absolute atomic E-state index is 0.0796. The topological polar surface area (TPSA) is 84.2 Å². The molecule has 0 aromatic heterocycles. The van der Waals surface area contributed by atoms with Crippen molar-refractivity contribution in [2.75, 3.05) is 17.2 Å². The molecule has 0 radical (unpaired) electrons. The number of nitrogens with two attached hydrogens (primary N) is 1. The molecule has 0 saturated heterocycles. The highest BCUT2D eigenvalue weighted by molar-refractivity contribution is 6.04. The molecule has 0 aliphatic rings. The van der Waals surface area contributed by atoms with Crippen molar-refractivity contribution in [3.63, 3.8) is 0 Å². The van der Waals surface area contributed by atoms with Gasteiger partial charge in [-0.05, 0) is 36.2 Å². The lowest BCUT2D eigenvalue weighted by molar-refractivity contribution is -0.114. The van der Waals surface area contributed by atoms with Gasteiger partial charge in [-0.25, -0.2) is 0 Å². The summed E-state index contributed by atoms with van der Waals surface area (Å²) in [6.07, 6.45) is 0.771. The zero-order chi connectivity index (χ0) is 15.9. The van der Waals surface area contributed by atoms with Crippen LogP contribution < -0.4 is 16.4 Å². The lowest BCUT2D eigenvalue weighted by Gasteiger charge is -2.12. The third-order valence-corrected chi connectivity index (χ3v) is 3.24. The quantitative estimate of drug-likeness (QED) is 0.792. The Morgan fingerprint density at radius 2 is 1.77 bits per heavy atom. The van der Waals surface area contributed by atoms with Gasteiger partial charge in [-0.2, -0.15) is 0 Å². The maximum atomic E-state index is 12.1. The highest BCUT2D eigenvalue weighted by Gasteiger charge is 2.09. The van der Waals surface area contributed by atoms with E-state index in [1.165, 1.54) is 0 Å².